The zero-order valence-corrected chi connectivity index (χ0v) is 17.1. The zero-order valence-electron chi connectivity index (χ0n) is 16.3. The highest BCUT2D eigenvalue weighted by atomic mass is 35.5. The molecule has 2 heterocycles. The lowest BCUT2D eigenvalue weighted by Gasteiger charge is -2.11. The molecule has 0 unspecified atom stereocenters. The number of aromatic hydroxyl groups is 1. The van der Waals surface area contributed by atoms with E-state index in [4.69, 9.17) is 16.3 Å². The van der Waals surface area contributed by atoms with Gasteiger partial charge >= 0.3 is 6.18 Å². The summed E-state index contributed by atoms with van der Waals surface area (Å²) in [5.74, 6) is -0.562. The normalized spacial score (nSPS) is 11.5. The topological polar surface area (TPSA) is 88.8 Å². The molecule has 0 saturated heterocycles. The van der Waals surface area contributed by atoms with Crippen molar-refractivity contribution in [1.29, 1.82) is 0 Å². The van der Waals surface area contributed by atoms with E-state index >= 15 is 0 Å². The second-order valence-corrected chi connectivity index (χ2v) is 7.10. The van der Waals surface area contributed by atoms with Crippen LogP contribution in [0.25, 0.3) is 16.9 Å². The molecule has 164 valence electrons. The van der Waals surface area contributed by atoms with Crippen LogP contribution in [-0.2, 0) is 6.18 Å². The highest BCUT2D eigenvalue weighted by Gasteiger charge is 2.35. The third kappa shape index (κ3) is 4.17. The average molecular weight is 463 g/mol. The summed E-state index contributed by atoms with van der Waals surface area (Å²) in [7, 11) is 1.48. The Morgan fingerprint density at radius 3 is 2.50 bits per heavy atom. The van der Waals surface area contributed by atoms with Crippen molar-refractivity contribution in [2.24, 2.45) is 0 Å². The summed E-state index contributed by atoms with van der Waals surface area (Å²) >= 11 is 5.85. The van der Waals surface area contributed by atoms with Gasteiger partial charge in [-0.3, -0.25) is 4.79 Å². The number of carbonyl (C=O) groups is 1. The average Bonchev–Trinajstić information content (AvgIpc) is 3.19. The van der Waals surface area contributed by atoms with Crippen molar-refractivity contribution >= 4 is 28.8 Å². The summed E-state index contributed by atoms with van der Waals surface area (Å²) < 4.78 is 46.8. The minimum absolute atomic E-state index is 0.0116. The molecule has 2 aromatic carbocycles. The van der Waals surface area contributed by atoms with Crippen LogP contribution in [0.3, 0.4) is 0 Å². The number of halogens is 4. The lowest BCUT2D eigenvalue weighted by molar-refractivity contribution is -0.142. The van der Waals surface area contributed by atoms with E-state index < -0.39 is 17.8 Å². The van der Waals surface area contributed by atoms with Crippen molar-refractivity contribution in [3.63, 3.8) is 0 Å². The molecule has 0 aliphatic carbocycles. The third-order valence-electron chi connectivity index (χ3n) is 4.54. The van der Waals surface area contributed by atoms with E-state index in [0.717, 1.165) is 12.1 Å². The van der Waals surface area contributed by atoms with E-state index in [1.807, 2.05) is 0 Å². The highest BCUT2D eigenvalue weighted by molar-refractivity contribution is 6.31. The number of hydrogen-bond donors (Lipinski definition) is 2. The molecular formula is C21H14ClF3N4O3. The van der Waals surface area contributed by atoms with Gasteiger partial charge in [0.15, 0.2) is 17.0 Å². The Labute approximate surface area is 184 Å². The first-order chi connectivity index (χ1) is 15.2. The number of ether oxygens (including phenoxy) is 1. The molecule has 0 saturated carbocycles. The minimum atomic E-state index is -4.76. The van der Waals surface area contributed by atoms with Crippen molar-refractivity contribution in [1.82, 2.24) is 14.6 Å². The molecule has 0 radical (unpaired) electrons. The van der Waals surface area contributed by atoms with Crippen molar-refractivity contribution in [2.45, 2.75) is 6.18 Å². The van der Waals surface area contributed by atoms with Crippen molar-refractivity contribution in [2.75, 3.05) is 12.4 Å². The number of aromatic nitrogens is 3. The van der Waals surface area contributed by atoms with Crippen LogP contribution in [0.5, 0.6) is 11.5 Å². The summed E-state index contributed by atoms with van der Waals surface area (Å²) in [6.45, 7) is 0. The second-order valence-electron chi connectivity index (χ2n) is 6.67. The molecule has 4 rings (SSSR count). The number of nitrogens with zero attached hydrogens (tertiary/aromatic N) is 3. The molecule has 2 aromatic heterocycles. The molecule has 1 amide bonds. The van der Waals surface area contributed by atoms with Gasteiger partial charge in [-0.25, -0.2) is 9.50 Å². The summed E-state index contributed by atoms with van der Waals surface area (Å²) in [5.41, 5.74) is -1.14. The number of nitrogens with one attached hydrogen (secondary N) is 1. The monoisotopic (exact) mass is 462 g/mol. The largest absolute Gasteiger partial charge is 0.506 e. The molecule has 7 nitrogen and oxygen atoms in total. The smallest absolute Gasteiger partial charge is 0.433 e. The Morgan fingerprint density at radius 1 is 1.12 bits per heavy atom. The zero-order chi connectivity index (χ0) is 23.0. The molecule has 0 aliphatic heterocycles. The summed E-state index contributed by atoms with van der Waals surface area (Å²) in [5, 5.41) is 16.3. The molecule has 0 atom stereocenters. The Morgan fingerprint density at radius 2 is 1.84 bits per heavy atom. The van der Waals surface area contributed by atoms with Crippen molar-refractivity contribution in [3.8, 4) is 22.8 Å². The van der Waals surface area contributed by atoms with Gasteiger partial charge in [-0.2, -0.15) is 18.3 Å². The number of anilines is 1. The van der Waals surface area contributed by atoms with E-state index in [-0.39, 0.29) is 33.5 Å². The standard InChI is InChI=1S/C21H14ClF3N4O3/c1-32-13-5-2-11(3-6-13)14-9-18(21(23,24)25)29-19(26-14)10-16(28-29)20(31)27-15-8-12(22)4-7-17(15)30/h2-10,30H,1H3,(H,27,31). The van der Waals surface area contributed by atoms with Crippen LogP contribution in [0.1, 0.15) is 16.2 Å². The second kappa shape index (κ2) is 8.04. The van der Waals surface area contributed by atoms with Gasteiger partial charge < -0.3 is 15.2 Å². The van der Waals surface area contributed by atoms with Gasteiger partial charge in [0.1, 0.15) is 11.5 Å². The number of rotatable bonds is 4. The number of phenolic OH excluding ortho intramolecular Hbond substituents is 1. The molecule has 2 N–H and O–H groups in total. The maximum absolute atomic E-state index is 13.7. The SMILES string of the molecule is COc1ccc(-c2cc(C(F)(F)F)n3nc(C(=O)Nc4cc(Cl)ccc4O)cc3n2)cc1. The highest BCUT2D eigenvalue weighted by Crippen LogP contribution is 2.33. The minimum Gasteiger partial charge on any atom is -0.506 e. The molecule has 4 aromatic rings. The summed E-state index contributed by atoms with van der Waals surface area (Å²) in [6, 6.07) is 12.3. The van der Waals surface area contributed by atoms with Crippen LogP contribution < -0.4 is 10.1 Å². The van der Waals surface area contributed by atoms with Crippen LogP contribution in [0.15, 0.2) is 54.6 Å². The van der Waals surface area contributed by atoms with E-state index in [1.54, 1.807) is 24.3 Å². The fraction of sp³-hybridized carbons (Fsp3) is 0.0952. The third-order valence-corrected chi connectivity index (χ3v) is 4.78. The predicted molar refractivity (Wildman–Crippen MR) is 111 cm³/mol. The van der Waals surface area contributed by atoms with E-state index in [2.05, 4.69) is 15.4 Å². The molecule has 0 aliphatic rings. The molecular weight excluding hydrogens is 449 g/mol. The number of alkyl halides is 3. The Hall–Kier alpha value is -3.79. The van der Waals surface area contributed by atoms with E-state index in [9.17, 15) is 23.1 Å². The lowest BCUT2D eigenvalue weighted by atomic mass is 10.1. The number of carbonyl (C=O) groups excluding carboxylic acids is 1. The van der Waals surface area contributed by atoms with Crippen LogP contribution in [0.4, 0.5) is 18.9 Å². The molecule has 11 heteroatoms. The number of hydrogen-bond acceptors (Lipinski definition) is 5. The van der Waals surface area contributed by atoms with Gasteiger partial charge in [-0.1, -0.05) is 11.6 Å². The molecule has 0 fully saturated rings. The number of phenols is 1. The first-order valence-electron chi connectivity index (χ1n) is 9.08. The quantitative estimate of drug-likeness (QED) is 0.415. The molecule has 0 bridgehead atoms. The van der Waals surface area contributed by atoms with Gasteiger partial charge in [-0.05, 0) is 48.5 Å². The van der Waals surface area contributed by atoms with Crippen LogP contribution in [0, 0.1) is 0 Å². The fourth-order valence-electron chi connectivity index (χ4n) is 2.99. The Kier molecular flexibility index (Phi) is 5.39. The van der Waals surface area contributed by atoms with Gasteiger partial charge in [0.2, 0.25) is 0 Å². The van der Waals surface area contributed by atoms with E-state index in [0.29, 0.717) is 15.8 Å². The number of fused-ring (bicyclic) bond motifs is 1. The van der Waals surface area contributed by atoms with Gasteiger partial charge in [0, 0.05) is 16.7 Å². The lowest BCUT2D eigenvalue weighted by Crippen LogP contribution is -2.15. The maximum atomic E-state index is 13.7. The molecule has 0 spiro atoms. The maximum Gasteiger partial charge on any atom is 0.433 e. The van der Waals surface area contributed by atoms with Crippen LogP contribution >= 0.6 is 11.6 Å². The number of amides is 1. The first-order valence-corrected chi connectivity index (χ1v) is 9.46. The Bertz CT molecular complexity index is 1320. The fourth-order valence-corrected chi connectivity index (χ4v) is 3.16. The van der Waals surface area contributed by atoms with Crippen LogP contribution in [0.2, 0.25) is 5.02 Å². The van der Waals surface area contributed by atoms with Gasteiger partial charge in [0.25, 0.3) is 5.91 Å². The number of methoxy groups -OCH3 is 1. The van der Waals surface area contributed by atoms with Crippen molar-refractivity contribution < 1.29 is 27.8 Å². The Balaban J connectivity index is 1.77. The summed E-state index contributed by atoms with van der Waals surface area (Å²) in [4.78, 5) is 16.8. The van der Waals surface area contributed by atoms with Crippen LogP contribution in [-0.4, -0.2) is 32.7 Å². The number of benzene rings is 2. The van der Waals surface area contributed by atoms with Gasteiger partial charge in [0.05, 0.1) is 18.5 Å². The first kappa shape index (κ1) is 21.4. The van der Waals surface area contributed by atoms with Gasteiger partial charge in [-0.15, -0.1) is 0 Å². The molecule has 32 heavy (non-hydrogen) atoms. The van der Waals surface area contributed by atoms with Crippen molar-refractivity contribution in [3.05, 3.63) is 71.0 Å². The summed E-state index contributed by atoms with van der Waals surface area (Å²) in [6.07, 6.45) is -4.76. The predicted octanol–water partition coefficient (Wildman–Crippen LogP) is 5.04. The van der Waals surface area contributed by atoms with E-state index in [1.165, 1.54) is 25.3 Å².